The van der Waals surface area contributed by atoms with Gasteiger partial charge in [0, 0.05) is 68.0 Å². The van der Waals surface area contributed by atoms with Crippen molar-refractivity contribution in [3.05, 3.63) is 58.9 Å². The van der Waals surface area contributed by atoms with E-state index < -0.39 is 0 Å². The smallest absolute Gasteiger partial charge is 0.255 e. The largest absolute Gasteiger partial charge is 0.493 e. The second kappa shape index (κ2) is 10.7. The molecule has 4 rings (SSSR count). The van der Waals surface area contributed by atoms with Crippen LogP contribution >= 0.6 is 11.6 Å². The Morgan fingerprint density at radius 3 is 2.41 bits per heavy atom. The zero-order valence-corrected chi connectivity index (χ0v) is 20.8. The maximum Gasteiger partial charge on any atom is 0.255 e. The van der Waals surface area contributed by atoms with Crippen LogP contribution in [0.3, 0.4) is 0 Å². The third kappa shape index (κ3) is 6.07. The summed E-state index contributed by atoms with van der Waals surface area (Å²) in [7, 11) is 2.08. The molecule has 0 atom stereocenters. The number of pyridine rings is 1. The van der Waals surface area contributed by atoms with Crippen molar-refractivity contribution in [2.75, 3.05) is 52.9 Å². The second-order valence-corrected chi connectivity index (χ2v) is 10.0. The van der Waals surface area contributed by atoms with E-state index in [4.69, 9.17) is 16.3 Å². The Kier molecular flexibility index (Phi) is 7.73. The van der Waals surface area contributed by atoms with Gasteiger partial charge in [0.05, 0.1) is 12.2 Å². The van der Waals surface area contributed by atoms with Gasteiger partial charge in [-0.2, -0.15) is 0 Å². The minimum atomic E-state index is -0.328. The van der Waals surface area contributed by atoms with Crippen LogP contribution in [0.25, 0.3) is 0 Å². The average molecular weight is 485 g/mol. The molecule has 3 heterocycles. The van der Waals surface area contributed by atoms with Crippen molar-refractivity contribution < 1.29 is 14.3 Å². The number of nitrogens with zero attached hydrogens (tertiary/aromatic N) is 4. The molecule has 0 saturated carbocycles. The zero-order chi connectivity index (χ0) is 24.1. The number of hydrogen-bond acceptors (Lipinski definition) is 5. The first-order chi connectivity index (χ1) is 16.3. The molecule has 2 amide bonds. The number of rotatable bonds is 6. The van der Waals surface area contributed by atoms with Crippen molar-refractivity contribution in [2.24, 2.45) is 5.41 Å². The number of carbonyl (C=O) groups excluding carboxylic acids is 2. The molecule has 0 bridgehead atoms. The van der Waals surface area contributed by atoms with Gasteiger partial charge in [0.15, 0.2) is 0 Å². The Balaban J connectivity index is 1.44. The molecule has 0 spiro atoms. The van der Waals surface area contributed by atoms with Crippen LogP contribution in [0.5, 0.6) is 5.75 Å². The molecule has 0 aliphatic carbocycles. The lowest BCUT2D eigenvalue weighted by Gasteiger charge is -2.42. The Labute approximate surface area is 206 Å². The predicted molar refractivity (Wildman–Crippen MR) is 132 cm³/mol. The molecule has 8 heteroatoms. The lowest BCUT2D eigenvalue weighted by molar-refractivity contribution is -0.136. The summed E-state index contributed by atoms with van der Waals surface area (Å²) in [4.78, 5) is 36.6. The minimum absolute atomic E-state index is 0.0118. The van der Waals surface area contributed by atoms with Crippen LogP contribution in [-0.4, -0.2) is 84.4 Å². The minimum Gasteiger partial charge on any atom is -0.493 e. The summed E-state index contributed by atoms with van der Waals surface area (Å²) >= 11 is 6.13. The number of piperazine rings is 1. The van der Waals surface area contributed by atoms with Gasteiger partial charge in [0.25, 0.3) is 5.91 Å². The van der Waals surface area contributed by atoms with Gasteiger partial charge in [-0.05, 0) is 57.1 Å². The van der Waals surface area contributed by atoms with Crippen LogP contribution in [-0.2, 0) is 4.79 Å². The number of aryl methyl sites for hydroxylation is 1. The summed E-state index contributed by atoms with van der Waals surface area (Å²) in [6.45, 7) is 6.79. The molecule has 2 aliphatic heterocycles. The first-order valence-electron chi connectivity index (χ1n) is 11.9. The Morgan fingerprint density at radius 1 is 1.03 bits per heavy atom. The fourth-order valence-corrected chi connectivity index (χ4v) is 4.80. The fraction of sp³-hybridized carbons (Fsp3) is 0.500. The van der Waals surface area contributed by atoms with Crippen LogP contribution in [0.15, 0.2) is 42.6 Å². The number of hydrogen-bond donors (Lipinski definition) is 0. The topological polar surface area (TPSA) is 66.0 Å². The van der Waals surface area contributed by atoms with Crippen LogP contribution in [0.1, 0.15) is 35.3 Å². The third-order valence-electron chi connectivity index (χ3n) is 6.99. The second-order valence-electron chi connectivity index (χ2n) is 9.59. The zero-order valence-electron chi connectivity index (χ0n) is 20.0. The van der Waals surface area contributed by atoms with Crippen LogP contribution in [0.2, 0.25) is 5.02 Å². The molecular formula is C26H33ClN4O3. The maximum atomic E-state index is 13.3. The van der Waals surface area contributed by atoms with Gasteiger partial charge < -0.3 is 19.4 Å². The lowest BCUT2D eigenvalue weighted by Crippen LogP contribution is -2.51. The Morgan fingerprint density at radius 2 is 1.76 bits per heavy atom. The molecule has 182 valence electrons. The van der Waals surface area contributed by atoms with E-state index in [0.29, 0.717) is 55.3 Å². The number of aromatic nitrogens is 1. The van der Waals surface area contributed by atoms with Crippen molar-refractivity contribution in [2.45, 2.75) is 26.2 Å². The average Bonchev–Trinajstić information content (AvgIpc) is 2.84. The van der Waals surface area contributed by atoms with E-state index in [-0.39, 0.29) is 17.2 Å². The summed E-state index contributed by atoms with van der Waals surface area (Å²) in [5.41, 5.74) is 1.15. The predicted octanol–water partition coefficient (Wildman–Crippen LogP) is 3.51. The molecule has 7 nitrogen and oxygen atoms in total. The lowest BCUT2D eigenvalue weighted by atomic mass is 9.75. The van der Waals surface area contributed by atoms with E-state index in [1.54, 1.807) is 12.3 Å². The summed E-state index contributed by atoms with van der Waals surface area (Å²) in [5, 5.41) is 0.618. The van der Waals surface area contributed by atoms with E-state index in [9.17, 15) is 9.59 Å². The number of piperidine rings is 1. The van der Waals surface area contributed by atoms with Gasteiger partial charge in [-0.25, -0.2) is 0 Å². The number of halogens is 1. The first-order valence-corrected chi connectivity index (χ1v) is 12.3. The van der Waals surface area contributed by atoms with Gasteiger partial charge in [0.1, 0.15) is 5.75 Å². The highest BCUT2D eigenvalue weighted by Gasteiger charge is 2.40. The highest BCUT2D eigenvalue weighted by Crippen LogP contribution is 2.37. The van der Waals surface area contributed by atoms with Crippen molar-refractivity contribution >= 4 is 23.4 Å². The molecule has 0 radical (unpaired) electrons. The molecule has 2 aromatic rings. The molecule has 2 fully saturated rings. The number of ether oxygens (including phenoxy) is 1. The van der Waals surface area contributed by atoms with Gasteiger partial charge in [0.2, 0.25) is 5.91 Å². The Bertz CT molecular complexity index is 997. The van der Waals surface area contributed by atoms with E-state index >= 15 is 0 Å². The monoisotopic (exact) mass is 484 g/mol. The van der Waals surface area contributed by atoms with Crippen molar-refractivity contribution in [3.8, 4) is 5.75 Å². The highest BCUT2D eigenvalue weighted by molar-refractivity contribution is 6.30. The molecule has 1 aromatic carbocycles. The van der Waals surface area contributed by atoms with E-state index in [1.165, 1.54) is 0 Å². The van der Waals surface area contributed by atoms with Gasteiger partial charge in [-0.3, -0.25) is 14.6 Å². The molecule has 1 aromatic heterocycles. The molecular weight excluding hydrogens is 452 g/mol. The molecule has 34 heavy (non-hydrogen) atoms. The van der Waals surface area contributed by atoms with Gasteiger partial charge >= 0.3 is 0 Å². The standard InChI is InChI=1S/C26H33ClN4O3/c1-20-6-7-21(18-28-20)25(33)31-10-8-26(9-11-31,19-34-23-5-3-4-22(27)16-23)17-24(32)30-14-12-29(2)13-15-30/h3-7,16,18H,8-15,17,19H2,1-2H3. The van der Waals surface area contributed by atoms with Gasteiger partial charge in [-0.1, -0.05) is 17.7 Å². The number of likely N-dealkylation sites (N-methyl/N-ethyl adjacent to an activating group) is 1. The molecule has 0 unspecified atom stereocenters. The first kappa shape index (κ1) is 24.5. The quantitative estimate of drug-likeness (QED) is 0.627. The van der Waals surface area contributed by atoms with E-state index in [1.807, 2.05) is 47.1 Å². The maximum absolute atomic E-state index is 13.3. The number of likely N-dealkylation sites (tertiary alicyclic amines) is 1. The van der Waals surface area contributed by atoms with Gasteiger partial charge in [-0.15, -0.1) is 0 Å². The number of amides is 2. The summed E-state index contributed by atoms with van der Waals surface area (Å²) in [6.07, 6.45) is 3.47. The van der Waals surface area contributed by atoms with Crippen LogP contribution in [0, 0.1) is 12.3 Å². The number of benzene rings is 1. The van der Waals surface area contributed by atoms with Crippen LogP contribution < -0.4 is 4.74 Å². The summed E-state index contributed by atoms with van der Waals surface area (Å²) in [5.74, 6) is 0.857. The van der Waals surface area contributed by atoms with E-state index in [0.717, 1.165) is 31.9 Å². The normalized spacial score (nSPS) is 18.6. The summed E-state index contributed by atoms with van der Waals surface area (Å²) in [6, 6.07) is 11.0. The van der Waals surface area contributed by atoms with E-state index in [2.05, 4.69) is 16.9 Å². The molecule has 0 N–H and O–H groups in total. The molecule has 2 saturated heterocycles. The third-order valence-corrected chi connectivity index (χ3v) is 7.23. The number of carbonyl (C=O) groups is 2. The summed E-state index contributed by atoms with van der Waals surface area (Å²) < 4.78 is 6.15. The fourth-order valence-electron chi connectivity index (χ4n) is 4.61. The van der Waals surface area contributed by atoms with Crippen molar-refractivity contribution in [3.63, 3.8) is 0 Å². The van der Waals surface area contributed by atoms with Crippen molar-refractivity contribution in [1.82, 2.24) is 19.7 Å². The van der Waals surface area contributed by atoms with Crippen LogP contribution in [0.4, 0.5) is 0 Å². The van der Waals surface area contributed by atoms with Crippen molar-refractivity contribution in [1.29, 1.82) is 0 Å². The highest BCUT2D eigenvalue weighted by atomic mass is 35.5. The SMILES string of the molecule is Cc1ccc(C(=O)N2CCC(COc3cccc(Cl)c3)(CC(=O)N3CCN(C)CC3)CC2)cn1. The Hall–Kier alpha value is -2.64. The molecule has 2 aliphatic rings.